The summed E-state index contributed by atoms with van der Waals surface area (Å²) in [6.45, 7) is 2.47. The number of ether oxygens (including phenoxy) is 1. The van der Waals surface area contributed by atoms with Gasteiger partial charge < -0.3 is 9.26 Å². The van der Waals surface area contributed by atoms with Crippen LogP contribution in [0.5, 0.6) is 5.75 Å². The Bertz CT molecular complexity index is 1190. The van der Waals surface area contributed by atoms with Crippen molar-refractivity contribution in [2.75, 3.05) is 7.11 Å². The fraction of sp³-hybridized carbons (Fsp3) is 0.200. The van der Waals surface area contributed by atoms with E-state index >= 15 is 0 Å². The molecule has 28 heavy (non-hydrogen) atoms. The molecule has 0 bridgehead atoms. The molecule has 4 rings (SSSR count). The lowest BCUT2D eigenvalue weighted by Gasteiger charge is -2.10. The Hall–Kier alpha value is -3.13. The first-order chi connectivity index (χ1) is 13.7. The number of thioether (sulfide) groups is 1. The van der Waals surface area contributed by atoms with Crippen LogP contribution in [0.3, 0.4) is 0 Å². The van der Waals surface area contributed by atoms with Crippen LogP contribution >= 0.6 is 11.8 Å². The lowest BCUT2D eigenvalue weighted by atomic mass is 10.2. The number of para-hydroxylation sites is 1. The lowest BCUT2D eigenvalue weighted by Crippen LogP contribution is -2.22. The average Bonchev–Trinajstić information content (AvgIpc) is 3.21. The Morgan fingerprint density at radius 1 is 1.14 bits per heavy atom. The molecule has 2 aromatic carbocycles. The minimum atomic E-state index is -0.0433. The molecule has 0 unspecified atom stereocenters. The summed E-state index contributed by atoms with van der Waals surface area (Å²) >= 11 is 1.40. The van der Waals surface area contributed by atoms with Crippen molar-refractivity contribution in [2.24, 2.45) is 0 Å². The van der Waals surface area contributed by atoms with E-state index in [0.717, 1.165) is 11.3 Å². The van der Waals surface area contributed by atoms with Gasteiger partial charge in [-0.2, -0.15) is 4.98 Å². The predicted octanol–water partition coefficient (Wildman–Crippen LogP) is 3.77. The first kappa shape index (κ1) is 18.2. The zero-order valence-corrected chi connectivity index (χ0v) is 16.3. The SMILES string of the molecule is CCn1c(SCc2nc(-c3cccc(OC)c3)no2)nc2ccccc2c1=O. The second-order valence-corrected chi connectivity index (χ2v) is 6.94. The summed E-state index contributed by atoms with van der Waals surface area (Å²) in [6.07, 6.45) is 0. The van der Waals surface area contributed by atoms with Crippen LogP contribution in [0.25, 0.3) is 22.3 Å². The van der Waals surface area contributed by atoms with E-state index < -0.39 is 0 Å². The van der Waals surface area contributed by atoms with Crippen LogP contribution in [0.4, 0.5) is 0 Å². The van der Waals surface area contributed by atoms with Gasteiger partial charge in [0.15, 0.2) is 5.16 Å². The summed E-state index contributed by atoms with van der Waals surface area (Å²) in [6, 6.07) is 14.8. The molecule has 8 heteroatoms. The second kappa shape index (κ2) is 7.85. The van der Waals surface area contributed by atoms with Crippen molar-refractivity contribution >= 4 is 22.7 Å². The summed E-state index contributed by atoms with van der Waals surface area (Å²) < 4.78 is 12.3. The van der Waals surface area contributed by atoms with Gasteiger partial charge in [0.25, 0.3) is 5.56 Å². The van der Waals surface area contributed by atoms with Gasteiger partial charge in [-0.3, -0.25) is 9.36 Å². The Labute approximate surface area is 165 Å². The average molecular weight is 394 g/mol. The summed E-state index contributed by atoms with van der Waals surface area (Å²) in [7, 11) is 1.61. The Kier molecular flexibility index (Phi) is 5.12. The van der Waals surface area contributed by atoms with E-state index in [1.165, 1.54) is 11.8 Å². The normalized spacial score (nSPS) is 11.1. The molecule has 0 amide bonds. The highest BCUT2D eigenvalue weighted by molar-refractivity contribution is 7.98. The van der Waals surface area contributed by atoms with Crippen molar-refractivity contribution in [1.82, 2.24) is 19.7 Å². The number of benzene rings is 2. The van der Waals surface area contributed by atoms with Gasteiger partial charge in [0.2, 0.25) is 11.7 Å². The van der Waals surface area contributed by atoms with Gasteiger partial charge in [-0.05, 0) is 31.2 Å². The quantitative estimate of drug-likeness (QED) is 0.364. The first-order valence-corrected chi connectivity index (χ1v) is 9.77. The third-order valence-corrected chi connectivity index (χ3v) is 5.22. The van der Waals surface area contributed by atoms with E-state index in [1.54, 1.807) is 17.7 Å². The summed E-state index contributed by atoms with van der Waals surface area (Å²) in [4.78, 5) is 21.8. The predicted molar refractivity (Wildman–Crippen MR) is 108 cm³/mol. The third-order valence-electron chi connectivity index (χ3n) is 4.26. The van der Waals surface area contributed by atoms with Gasteiger partial charge >= 0.3 is 0 Å². The molecule has 0 saturated carbocycles. The zero-order valence-electron chi connectivity index (χ0n) is 15.5. The molecule has 0 aliphatic rings. The molecule has 0 fully saturated rings. The lowest BCUT2D eigenvalue weighted by molar-refractivity contribution is 0.391. The van der Waals surface area contributed by atoms with Gasteiger partial charge in [0.05, 0.1) is 23.8 Å². The van der Waals surface area contributed by atoms with E-state index in [9.17, 15) is 4.79 Å². The number of fused-ring (bicyclic) bond motifs is 1. The number of nitrogens with zero attached hydrogens (tertiary/aromatic N) is 4. The molecule has 0 radical (unpaired) electrons. The number of rotatable bonds is 6. The molecule has 0 aliphatic carbocycles. The molecular weight excluding hydrogens is 376 g/mol. The highest BCUT2D eigenvalue weighted by atomic mass is 32.2. The molecule has 0 saturated heterocycles. The van der Waals surface area contributed by atoms with E-state index in [1.807, 2.05) is 49.4 Å². The van der Waals surface area contributed by atoms with Crippen LogP contribution in [-0.4, -0.2) is 26.8 Å². The van der Waals surface area contributed by atoms with Crippen LogP contribution in [0.2, 0.25) is 0 Å². The molecule has 0 spiro atoms. The Balaban J connectivity index is 1.58. The fourth-order valence-corrected chi connectivity index (χ4v) is 3.76. The van der Waals surface area contributed by atoms with Gasteiger partial charge in [-0.25, -0.2) is 4.98 Å². The van der Waals surface area contributed by atoms with E-state index in [2.05, 4.69) is 15.1 Å². The van der Waals surface area contributed by atoms with Crippen molar-refractivity contribution in [2.45, 2.75) is 24.4 Å². The van der Waals surface area contributed by atoms with Crippen LogP contribution in [0.1, 0.15) is 12.8 Å². The minimum absolute atomic E-state index is 0.0433. The van der Waals surface area contributed by atoms with E-state index in [4.69, 9.17) is 9.26 Å². The van der Waals surface area contributed by atoms with Crippen molar-refractivity contribution < 1.29 is 9.26 Å². The topological polar surface area (TPSA) is 83.0 Å². The van der Waals surface area contributed by atoms with Crippen molar-refractivity contribution in [3.63, 3.8) is 0 Å². The van der Waals surface area contributed by atoms with Crippen LogP contribution in [-0.2, 0) is 12.3 Å². The maximum Gasteiger partial charge on any atom is 0.262 e. The maximum absolute atomic E-state index is 12.7. The number of aromatic nitrogens is 4. The number of hydrogen-bond donors (Lipinski definition) is 0. The molecule has 0 aliphatic heterocycles. The van der Waals surface area contributed by atoms with Crippen molar-refractivity contribution in [3.05, 3.63) is 64.8 Å². The van der Waals surface area contributed by atoms with E-state index in [-0.39, 0.29) is 5.56 Å². The molecule has 2 aromatic heterocycles. The summed E-state index contributed by atoms with van der Waals surface area (Å²) in [5.74, 6) is 2.11. The van der Waals surface area contributed by atoms with Gasteiger partial charge in [-0.1, -0.05) is 41.2 Å². The van der Waals surface area contributed by atoms with Crippen LogP contribution in [0.15, 0.2) is 63.0 Å². The molecule has 2 heterocycles. The second-order valence-electron chi connectivity index (χ2n) is 5.99. The smallest absolute Gasteiger partial charge is 0.262 e. The van der Waals surface area contributed by atoms with Crippen LogP contribution < -0.4 is 10.3 Å². The minimum Gasteiger partial charge on any atom is -0.497 e. The molecule has 4 aromatic rings. The summed E-state index contributed by atoms with van der Waals surface area (Å²) in [5, 5.41) is 5.29. The Morgan fingerprint density at radius 2 is 2.00 bits per heavy atom. The van der Waals surface area contributed by atoms with Gasteiger partial charge in [-0.15, -0.1) is 0 Å². The largest absolute Gasteiger partial charge is 0.497 e. The van der Waals surface area contributed by atoms with E-state index in [0.29, 0.717) is 40.1 Å². The number of methoxy groups -OCH3 is 1. The van der Waals surface area contributed by atoms with Gasteiger partial charge in [0.1, 0.15) is 5.75 Å². The third kappa shape index (κ3) is 3.50. The first-order valence-electron chi connectivity index (χ1n) is 8.79. The zero-order chi connectivity index (χ0) is 19.5. The molecular formula is C20H18N4O3S. The molecule has 0 atom stereocenters. The van der Waals surface area contributed by atoms with Crippen molar-refractivity contribution in [3.8, 4) is 17.1 Å². The molecule has 0 N–H and O–H groups in total. The molecule has 142 valence electrons. The maximum atomic E-state index is 12.7. The van der Waals surface area contributed by atoms with Crippen LogP contribution in [0, 0.1) is 0 Å². The van der Waals surface area contributed by atoms with Crippen molar-refractivity contribution in [1.29, 1.82) is 0 Å². The summed E-state index contributed by atoms with van der Waals surface area (Å²) in [5.41, 5.74) is 1.45. The highest BCUT2D eigenvalue weighted by Crippen LogP contribution is 2.25. The standard InChI is InChI=1S/C20H18N4O3S/c1-3-24-19(25)15-9-4-5-10-16(15)21-20(24)28-12-17-22-18(23-27-17)13-7-6-8-14(11-13)26-2/h4-11H,3,12H2,1-2H3. The highest BCUT2D eigenvalue weighted by Gasteiger charge is 2.14. The monoisotopic (exact) mass is 394 g/mol. The number of hydrogen-bond acceptors (Lipinski definition) is 7. The fourth-order valence-electron chi connectivity index (χ4n) is 2.86. The molecule has 7 nitrogen and oxygen atoms in total. The van der Waals surface area contributed by atoms with Gasteiger partial charge in [0, 0.05) is 12.1 Å². The Morgan fingerprint density at radius 3 is 2.82 bits per heavy atom.